The lowest BCUT2D eigenvalue weighted by molar-refractivity contribution is -0.145. The lowest BCUT2D eigenvalue weighted by Crippen LogP contribution is -2.25. The van der Waals surface area contributed by atoms with Crippen molar-refractivity contribution in [3.8, 4) is 0 Å². The summed E-state index contributed by atoms with van der Waals surface area (Å²) in [5.74, 6) is -1.04. The van der Waals surface area contributed by atoms with Gasteiger partial charge in [-0.25, -0.2) is 0 Å². The summed E-state index contributed by atoms with van der Waals surface area (Å²) in [7, 11) is 0. The number of allylic oxidation sites excluding steroid dienone is 1. The first-order chi connectivity index (χ1) is 6.07. The summed E-state index contributed by atoms with van der Waals surface area (Å²) in [5, 5.41) is 0. The smallest absolute Gasteiger partial charge is 0.317 e. The molecule has 0 aromatic carbocycles. The Bertz CT molecular complexity index is 243. The Morgan fingerprint density at radius 1 is 1.54 bits per heavy atom. The minimum absolute atomic E-state index is 0.0614. The zero-order valence-electron chi connectivity index (χ0n) is 7.95. The van der Waals surface area contributed by atoms with Gasteiger partial charge >= 0.3 is 5.97 Å². The highest BCUT2D eigenvalue weighted by Crippen LogP contribution is 2.25. The average molecular weight is 182 g/mol. The largest absolute Gasteiger partial charge is 0.453 e. The number of esters is 1. The van der Waals surface area contributed by atoms with Crippen molar-refractivity contribution in [3.05, 3.63) is 12.7 Å². The Kier molecular flexibility index (Phi) is 2.86. The van der Waals surface area contributed by atoms with Crippen LogP contribution in [-0.4, -0.2) is 17.9 Å². The molecule has 2 atom stereocenters. The second kappa shape index (κ2) is 3.73. The van der Waals surface area contributed by atoms with E-state index in [-0.39, 0.29) is 11.7 Å². The first-order valence-corrected chi connectivity index (χ1v) is 4.43. The Morgan fingerprint density at radius 2 is 2.15 bits per heavy atom. The third-order valence-electron chi connectivity index (χ3n) is 2.16. The molecule has 0 spiro atoms. The van der Waals surface area contributed by atoms with Crippen molar-refractivity contribution in [3.63, 3.8) is 0 Å². The molecule has 0 amide bonds. The molecule has 1 heterocycles. The van der Waals surface area contributed by atoms with Crippen LogP contribution in [-0.2, 0) is 14.3 Å². The Balaban J connectivity index is 2.75. The van der Waals surface area contributed by atoms with Gasteiger partial charge in [-0.3, -0.25) is 9.59 Å². The maximum absolute atomic E-state index is 11.6. The fourth-order valence-corrected chi connectivity index (χ4v) is 1.42. The van der Waals surface area contributed by atoms with Gasteiger partial charge in [0.25, 0.3) is 0 Å². The van der Waals surface area contributed by atoms with Gasteiger partial charge in [-0.2, -0.15) is 0 Å². The van der Waals surface area contributed by atoms with E-state index >= 15 is 0 Å². The molecule has 0 aromatic rings. The molecule has 3 nitrogen and oxygen atoms in total. The van der Waals surface area contributed by atoms with E-state index in [9.17, 15) is 9.59 Å². The summed E-state index contributed by atoms with van der Waals surface area (Å²) in [4.78, 5) is 22.8. The third kappa shape index (κ3) is 1.79. The standard InChI is InChI=1S/C10H14O3/c1-4-5-7-8(11)9(6(2)3)13-10(7)12/h4,6-7,9H,1,5H2,2-3H3/t7?,9-/m0/s1. The van der Waals surface area contributed by atoms with Crippen LogP contribution in [0.4, 0.5) is 0 Å². The molecule has 0 radical (unpaired) electrons. The molecular weight excluding hydrogens is 168 g/mol. The van der Waals surface area contributed by atoms with Crippen molar-refractivity contribution < 1.29 is 14.3 Å². The van der Waals surface area contributed by atoms with E-state index in [4.69, 9.17) is 4.74 Å². The van der Waals surface area contributed by atoms with Gasteiger partial charge in [-0.05, 0) is 12.3 Å². The fraction of sp³-hybridized carbons (Fsp3) is 0.600. The van der Waals surface area contributed by atoms with Gasteiger partial charge in [-0.1, -0.05) is 19.9 Å². The Morgan fingerprint density at radius 3 is 2.54 bits per heavy atom. The molecule has 1 aliphatic rings. The molecule has 3 heteroatoms. The Labute approximate surface area is 77.8 Å². The van der Waals surface area contributed by atoms with Crippen LogP contribution in [0, 0.1) is 11.8 Å². The van der Waals surface area contributed by atoms with Gasteiger partial charge in [0, 0.05) is 0 Å². The summed E-state index contributed by atoms with van der Waals surface area (Å²) >= 11 is 0. The van der Waals surface area contributed by atoms with E-state index < -0.39 is 18.0 Å². The van der Waals surface area contributed by atoms with Gasteiger partial charge in [0.1, 0.15) is 5.92 Å². The number of carbonyl (C=O) groups excluding carboxylic acids is 2. The van der Waals surface area contributed by atoms with Gasteiger partial charge in [-0.15, -0.1) is 6.58 Å². The number of hydrogen-bond acceptors (Lipinski definition) is 3. The van der Waals surface area contributed by atoms with Crippen LogP contribution in [0.5, 0.6) is 0 Å². The molecule has 0 aliphatic carbocycles. The molecule has 1 rings (SSSR count). The number of carbonyl (C=O) groups is 2. The quantitative estimate of drug-likeness (QED) is 0.375. The van der Waals surface area contributed by atoms with Crippen LogP contribution in [0.3, 0.4) is 0 Å². The first-order valence-electron chi connectivity index (χ1n) is 4.43. The SMILES string of the molecule is C=CCC1C(=O)O[C@@H](C(C)C)C1=O. The molecule has 13 heavy (non-hydrogen) atoms. The van der Waals surface area contributed by atoms with Crippen molar-refractivity contribution in [1.29, 1.82) is 0 Å². The lowest BCUT2D eigenvalue weighted by atomic mass is 9.94. The van der Waals surface area contributed by atoms with Crippen LogP contribution in [0.25, 0.3) is 0 Å². The molecule has 0 bridgehead atoms. The monoisotopic (exact) mass is 182 g/mol. The molecule has 72 valence electrons. The molecule has 0 aromatic heterocycles. The van der Waals surface area contributed by atoms with Gasteiger partial charge in [0.05, 0.1) is 0 Å². The number of rotatable bonds is 3. The number of hydrogen-bond donors (Lipinski definition) is 0. The summed E-state index contributed by atoms with van der Waals surface area (Å²) in [5.41, 5.74) is 0. The second-order valence-electron chi connectivity index (χ2n) is 3.58. The molecule has 1 unspecified atom stereocenters. The first kappa shape index (κ1) is 9.96. The van der Waals surface area contributed by atoms with Crippen LogP contribution in [0.1, 0.15) is 20.3 Å². The number of ether oxygens (including phenoxy) is 1. The molecule has 1 saturated heterocycles. The highest BCUT2D eigenvalue weighted by Gasteiger charge is 2.43. The van der Waals surface area contributed by atoms with E-state index in [1.54, 1.807) is 6.08 Å². The molecule has 0 N–H and O–H groups in total. The van der Waals surface area contributed by atoms with Gasteiger partial charge in [0.15, 0.2) is 11.9 Å². The third-order valence-corrected chi connectivity index (χ3v) is 2.16. The van der Waals surface area contributed by atoms with Crippen molar-refractivity contribution >= 4 is 11.8 Å². The van der Waals surface area contributed by atoms with E-state index in [0.717, 1.165) is 0 Å². The predicted molar refractivity (Wildman–Crippen MR) is 48.0 cm³/mol. The van der Waals surface area contributed by atoms with Gasteiger partial charge in [0.2, 0.25) is 0 Å². The van der Waals surface area contributed by atoms with Gasteiger partial charge < -0.3 is 4.74 Å². The zero-order chi connectivity index (χ0) is 10.0. The van der Waals surface area contributed by atoms with Crippen LogP contribution >= 0.6 is 0 Å². The van der Waals surface area contributed by atoms with E-state index in [2.05, 4.69) is 6.58 Å². The fourth-order valence-electron chi connectivity index (χ4n) is 1.42. The summed E-state index contributed by atoms with van der Waals surface area (Å²) in [6.45, 7) is 7.24. The number of cyclic esters (lactones) is 1. The Hall–Kier alpha value is -1.12. The normalized spacial score (nSPS) is 27.9. The highest BCUT2D eigenvalue weighted by atomic mass is 16.6. The average Bonchev–Trinajstić information content (AvgIpc) is 2.32. The molecule has 1 fully saturated rings. The van der Waals surface area contributed by atoms with Crippen LogP contribution in [0.15, 0.2) is 12.7 Å². The van der Waals surface area contributed by atoms with E-state index in [1.807, 2.05) is 13.8 Å². The summed E-state index contributed by atoms with van der Waals surface area (Å²) < 4.78 is 4.96. The summed E-state index contributed by atoms with van der Waals surface area (Å²) in [6.07, 6.45) is 1.42. The molecule has 0 saturated carbocycles. The lowest BCUT2D eigenvalue weighted by Gasteiger charge is -2.10. The summed E-state index contributed by atoms with van der Waals surface area (Å²) in [6, 6.07) is 0. The maximum atomic E-state index is 11.6. The molecular formula is C10H14O3. The zero-order valence-corrected chi connectivity index (χ0v) is 7.95. The van der Waals surface area contributed by atoms with Crippen molar-refractivity contribution in [2.45, 2.75) is 26.4 Å². The van der Waals surface area contributed by atoms with Crippen molar-refractivity contribution in [1.82, 2.24) is 0 Å². The topological polar surface area (TPSA) is 43.4 Å². The van der Waals surface area contributed by atoms with Crippen molar-refractivity contribution in [2.75, 3.05) is 0 Å². The van der Waals surface area contributed by atoms with E-state index in [1.165, 1.54) is 0 Å². The maximum Gasteiger partial charge on any atom is 0.317 e. The highest BCUT2D eigenvalue weighted by molar-refractivity contribution is 6.06. The molecule has 1 aliphatic heterocycles. The predicted octanol–water partition coefficient (Wildman–Crippen LogP) is 1.33. The second-order valence-corrected chi connectivity index (χ2v) is 3.58. The number of Topliss-reactive ketones (excluding diaryl/α,β-unsaturated/α-hetero) is 1. The minimum atomic E-state index is -0.607. The van der Waals surface area contributed by atoms with Crippen LogP contribution in [0.2, 0.25) is 0 Å². The number of ketones is 1. The van der Waals surface area contributed by atoms with Crippen LogP contribution < -0.4 is 0 Å². The minimum Gasteiger partial charge on any atom is -0.453 e. The van der Waals surface area contributed by atoms with Crippen molar-refractivity contribution in [2.24, 2.45) is 11.8 Å². The van der Waals surface area contributed by atoms with E-state index in [0.29, 0.717) is 6.42 Å².